The van der Waals surface area contributed by atoms with Crippen molar-refractivity contribution < 1.29 is 14.6 Å². The van der Waals surface area contributed by atoms with Crippen LogP contribution in [0.15, 0.2) is 42.7 Å². The van der Waals surface area contributed by atoms with E-state index < -0.39 is 5.60 Å². The van der Waals surface area contributed by atoms with E-state index in [0.717, 1.165) is 29.9 Å². The molecular weight excluding hydrogens is 394 g/mol. The number of anilines is 1. The Labute approximate surface area is 180 Å². The second-order valence-electron chi connectivity index (χ2n) is 8.58. The third-order valence-electron chi connectivity index (χ3n) is 5.19. The Morgan fingerprint density at radius 2 is 1.84 bits per heavy atom. The SMILES string of the molecule is CC(C)(C)OC(=O)N1CCN(c2ccc(-c3cc(O)cn4ncc(C#N)c34)cc2)CC1. The zero-order chi connectivity index (χ0) is 22.2. The van der Waals surface area contributed by atoms with E-state index in [9.17, 15) is 15.2 Å². The van der Waals surface area contributed by atoms with E-state index in [4.69, 9.17) is 4.74 Å². The number of rotatable bonds is 2. The summed E-state index contributed by atoms with van der Waals surface area (Å²) in [4.78, 5) is 16.2. The van der Waals surface area contributed by atoms with E-state index in [2.05, 4.69) is 16.1 Å². The summed E-state index contributed by atoms with van der Waals surface area (Å²) in [7, 11) is 0. The summed E-state index contributed by atoms with van der Waals surface area (Å²) < 4.78 is 6.98. The van der Waals surface area contributed by atoms with Gasteiger partial charge in [0.2, 0.25) is 0 Å². The minimum Gasteiger partial charge on any atom is -0.506 e. The number of nitrogens with zero attached hydrogens (tertiary/aromatic N) is 5. The molecule has 1 amide bonds. The minimum atomic E-state index is -0.498. The number of benzene rings is 1. The molecule has 1 fully saturated rings. The van der Waals surface area contributed by atoms with E-state index >= 15 is 0 Å². The molecule has 8 heteroatoms. The van der Waals surface area contributed by atoms with Crippen molar-refractivity contribution in [2.24, 2.45) is 0 Å². The number of carbonyl (C=O) groups is 1. The molecule has 1 aromatic carbocycles. The molecule has 0 aliphatic carbocycles. The largest absolute Gasteiger partial charge is 0.506 e. The van der Waals surface area contributed by atoms with Gasteiger partial charge in [-0.3, -0.25) is 0 Å². The number of amides is 1. The second-order valence-corrected chi connectivity index (χ2v) is 8.58. The number of nitriles is 1. The quantitative estimate of drug-likeness (QED) is 0.682. The van der Waals surface area contributed by atoms with Crippen molar-refractivity contribution in [3.63, 3.8) is 0 Å². The monoisotopic (exact) mass is 419 g/mol. The molecule has 0 bridgehead atoms. The summed E-state index contributed by atoms with van der Waals surface area (Å²) >= 11 is 0. The number of aromatic hydroxyl groups is 1. The van der Waals surface area contributed by atoms with E-state index in [0.29, 0.717) is 24.2 Å². The van der Waals surface area contributed by atoms with Crippen LogP contribution in [0.25, 0.3) is 16.6 Å². The number of fused-ring (bicyclic) bond motifs is 1. The molecule has 4 rings (SSSR count). The topological polar surface area (TPSA) is 94.1 Å². The zero-order valence-corrected chi connectivity index (χ0v) is 17.9. The van der Waals surface area contributed by atoms with Gasteiger partial charge in [-0.25, -0.2) is 9.31 Å². The maximum Gasteiger partial charge on any atom is 0.410 e. The number of aromatic nitrogens is 2. The van der Waals surface area contributed by atoms with Gasteiger partial charge in [0.1, 0.15) is 17.4 Å². The van der Waals surface area contributed by atoms with Gasteiger partial charge in [-0.15, -0.1) is 0 Å². The molecule has 0 saturated carbocycles. The maximum atomic E-state index is 12.3. The first-order chi connectivity index (χ1) is 14.7. The predicted octanol–water partition coefficient (Wildman–Crippen LogP) is 3.64. The molecule has 0 unspecified atom stereocenters. The number of piperazine rings is 1. The summed E-state index contributed by atoms with van der Waals surface area (Å²) in [5.41, 5.74) is 3.31. The van der Waals surface area contributed by atoms with Crippen LogP contribution in [0.1, 0.15) is 26.3 Å². The van der Waals surface area contributed by atoms with Crippen molar-refractivity contribution in [2.45, 2.75) is 26.4 Å². The molecule has 160 valence electrons. The second kappa shape index (κ2) is 7.84. The van der Waals surface area contributed by atoms with Gasteiger partial charge in [-0.2, -0.15) is 10.4 Å². The normalized spacial score (nSPS) is 14.5. The van der Waals surface area contributed by atoms with Crippen LogP contribution >= 0.6 is 0 Å². The van der Waals surface area contributed by atoms with E-state index in [-0.39, 0.29) is 11.8 Å². The highest BCUT2D eigenvalue weighted by atomic mass is 16.6. The number of ether oxygens (including phenoxy) is 1. The molecule has 3 aromatic rings. The fourth-order valence-electron chi connectivity index (χ4n) is 3.73. The number of hydrogen-bond acceptors (Lipinski definition) is 6. The summed E-state index contributed by atoms with van der Waals surface area (Å²) in [6.07, 6.45) is 2.71. The highest BCUT2D eigenvalue weighted by molar-refractivity contribution is 5.85. The standard InChI is InChI=1S/C23H25N5O3/c1-23(2,3)31-22(30)27-10-8-26(9-11-27)18-6-4-16(5-7-18)20-12-19(29)15-28-21(20)17(13-24)14-25-28/h4-7,12,14-15,29H,8-11H2,1-3H3. The fraction of sp³-hybridized carbons (Fsp3) is 0.348. The third kappa shape index (κ3) is 4.26. The Kier molecular flexibility index (Phi) is 5.19. The van der Waals surface area contributed by atoms with Crippen LogP contribution in [0.3, 0.4) is 0 Å². The molecule has 1 saturated heterocycles. The molecule has 3 heterocycles. The molecule has 1 aliphatic rings. The van der Waals surface area contributed by atoms with Gasteiger partial charge in [0.15, 0.2) is 0 Å². The maximum absolute atomic E-state index is 12.3. The highest BCUT2D eigenvalue weighted by Crippen LogP contribution is 2.31. The third-order valence-corrected chi connectivity index (χ3v) is 5.19. The molecule has 31 heavy (non-hydrogen) atoms. The first-order valence-corrected chi connectivity index (χ1v) is 10.2. The number of hydrogen-bond donors (Lipinski definition) is 1. The number of carbonyl (C=O) groups excluding carboxylic acids is 1. The molecule has 1 aliphatic heterocycles. The lowest BCUT2D eigenvalue weighted by Gasteiger charge is -2.36. The summed E-state index contributed by atoms with van der Waals surface area (Å²) in [6, 6.07) is 11.8. The lowest BCUT2D eigenvalue weighted by molar-refractivity contribution is 0.0240. The van der Waals surface area contributed by atoms with Gasteiger partial charge < -0.3 is 19.6 Å². The van der Waals surface area contributed by atoms with E-state index in [1.54, 1.807) is 11.0 Å². The lowest BCUT2D eigenvalue weighted by atomic mass is 10.0. The van der Waals surface area contributed by atoms with Crippen molar-refractivity contribution in [1.29, 1.82) is 5.26 Å². The van der Waals surface area contributed by atoms with Gasteiger partial charge in [-0.05, 0) is 44.5 Å². The summed E-state index contributed by atoms with van der Waals surface area (Å²) in [5, 5.41) is 23.6. The van der Waals surface area contributed by atoms with Gasteiger partial charge in [0, 0.05) is 37.4 Å². The van der Waals surface area contributed by atoms with Crippen molar-refractivity contribution in [2.75, 3.05) is 31.1 Å². The van der Waals surface area contributed by atoms with Crippen LogP contribution in [0.5, 0.6) is 5.75 Å². The molecule has 0 radical (unpaired) electrons. The van der Waals surface area contributed by atoms with Crippen LogP contribution in [-0.2, 0) is 4.74 Å². The van der Waals surface area contributed by atoms with Crippen LogP contribution in [0, 0.1) is 11.3 Å². The van der Waals surface area contributed by atoms with Crippen LogP contribution in [0.4, 0.5) is 10.5 Å². The average Bonchev–Trinajstić information content (AvgIpc) is 3.15. The predicted molar refractivity (Wildman–Crippen MR) is 117 cm³/mol. The van der Waals surface area contributed by atoms with E-state index in [1.807, 2.05) is 45.0 Å². The van der Waals surface area contributed by atoms with Crippen molar-refractivity contribution in [1.82, 2.24) is 14.5 Å². The Balaban J connectivity index is 1.50. The van der Waals surface area contributed by atoms with Crippen molar-refractivity contribution >= 4 is 17.3 Å². The van der Waals surface area contributed by atoms with Gasteiger partial charge in [-0.1, -0.05) is 12.1 Å². The van der Waals surface area contributed by atoms with E-state index in [1.165, 1.54) is 16.9 Å². The van der Waals surface area contributed by atoms with Gasteiger partial charge in [0.05, 0.1) is 23.5 Å². The summed E-state index contributed by atoms with van der Waals surface area (Å²) in [5.74, 6) is 0.0810. The van der Waals surface area contributed by atoms with Gasteiger partial charge >= 0.3 is 6.09 Å². The molecule has 0 spiro atoms. The molecule has 0 atom stereocenters. The Morgan fingerprint density at radius 3 is 2.45 bits per heavy atom. The Bertz CT molecular complexity index is 1150. The highest BCUT2D eigenvalue weighted by Gasteiger charge is 2.26. The first kappa shape index (κ1) is 20.5. The van der Waals surface area contributed by atoms with Gasteiger partial charge in [0.25, 0.3) is 0 Å². The van der Waals surface area contributed by atoms with Crippen LogP contribution in [-0.4, -0.2) is 57.5 Å². The fourth-order valence-corrected chi connectivity index (χ4v) is 3.73. The Hall–Kier alpha value is -3.73. The smallest absolute Gasteiger partial charge is 0.410 e. The number of pyridine rings is 1. The Morgan fingerprint density at radius 1 is 1.16 bits per heavy atom. The molecule has 8 nitrogen and oxygen atoms in total. The zero-order valence-electron chi connectivity index (χ0n) is 17.9. The molecule has 1 N–H and O–H groups in total. The average molecular weight is 419 g/mol. The summed E-state index contributed by atoms with van der Waals surface area (Å²) in [6.45, 7) is 8.24. The molecule has 2 aromatic heterocycles. The van der Waals surface area contributed by atoms with Crippen LogP contribution in [0.2, 0.25) is 0 Å². The van der Waals surface area contributed by atoms with Crippen LogP contribution < -0.4 is 4.90 Å². The first-order valence-electron chi connectivity index (χ1n) is 10.2. The minimum absolute atomic E-state index is 0.0810. The lowest BCUT2D eigenvalue weighted by Crippen LogP contribution is -2.50. The van der Waals surface area contributed by atoms with Crippen molar-refractivity contribution in [3.05, 3.63) is 48.3 Å². The molecular formula is C23H25N5O3. The van der Waals surface area contributed by atoms with Crippen molar-refractivity contribution in [3.8, 4) is 22.9 Å².